The minimum absolute atomic E-state index is 0.342. The van der Waals surface area contributed by atoms with Crippen molar-refractivity contribution in [3.8, 4) is 0 Å². The van der Waals surface area contributed by atoms with Gasteiger partial charge in [-0.05, 0) is 45.4 Å². The van der Waals surface area contributed by atoms with E-state index < -0.39 is 0 Å². The van der Waals surface area contributed by atoms with Gasteiger partial charge in [0.2, 0.25) is 0 Å². The Morgan fingerprint density at radius 3 is 2.43 bits per heavy atom. The number of hydrogen-bond donors (Lipinski definition) is 1. The third kappa shape index (κ3) is 4.40. The maximum absolute atomic E-state index is 8.70. The van der Waals surface area contributed by atoms with Crippen LogP contribution >= 0.6 is 0 Å². The van der Waals surface area contributed by atoms with E-state index in [1.54, 1.807) is 0 Å². The van der Waals surface area contributed by atoms with Crippen LogP contribution in [0.25, 0.3) is 0 Å². The fraction of sp³-hybridized carbons (Fsp3) is 1.00. The average Bonchev–Trinajstić information content (AvgIpc) is 2.43. The van der Waals surface area contributed by atoms with Crippen LogP contribution < -0.4 is 0 Å². The SMILES string of the molecule is CCN1CCCN(CCCCO)CC1. The quantitative estimate of drug-likeness (QED) is 0.665. The van der Waals surface area contributed by atoms with Gasteiger partial charge in [0, 0.05) is 19.7 Å². The van der Waals surface area contributed by atoms with Crippen LogP contribution in [0.4, 0.5) is 0 Å². The van der Waals surface area contributed by atoms with E-state index in [1.807, 2.05) is 0 Å². The molecule has 1 N–H and O–H groups in total. The van der Waals surface area contributed by atoms with E-state index in [0.717, 1.165) is 19.4 Å². The van der Waals surface area contributed by atoms with Crippen molar-refractivity contribution in [3.63, 3.8) is 0 Å². The van der Waals surface area contributed by atoms with Crippen LogP contribution in [0.15, 0.2) is 0 Å². The zero-order chi connectivity index (χ0) is 10.2. The molecule has 3 heteroatoms. The molecule has 0 amide bonds. The molecule has 1 aliphatic rings. The maximum atomic E-state index is 8.70. The van der Waals surface area contributed by atoms with Gasteiger partial charge in [0.1, 0.15) is 0 Å². The summed E-state index contributed by atoms with van der Waals surface area (Å²) in [5.41, 5.74) is 0. The van der Waals surface area contributed by atoms with Gasteiger partial charge in [0.25, 0.3) is 0 Å². The molecule has 3 nitrogen and oxygen atoms in total. The van der Waals surface area contributed by atoms with Crippen LogP contribution in [-0.4, -0.2) is 60.8 Å². The molecule has 1 aliphatic heterocycles. The molecule has 1 fully saturated rings. The molecule has 1 saturated heterocycles. The molecule has 0 aliphatic carbocycles. The molecular weight excluding hydrogens is 176 g/mol. The first-order valence-electron chi connectivity index (χ1n) is 5.92. The lowest BCUT2D eigenvalue weighted by molar-refractivity contribution is 0.240. The molecule has 14 heavy (non-hydrogen) atoms. The van der Waals surface area contributed by atoms with Gasteiger partial charge in [-0.2, -0.15) is 0 Å². The molecule has 0 spiro atoms. The van der Waals surface area contributed by atoms with E-state index in [0.29, 0.717) is 6.61 Å². The van der Waals surface area contributed by atoms with Gasteiger partial charge in [-0.1, -0.05) is 6.92 Å². The van der Waals surface area contributed by atoms with Crippen molar-refractivity contribution in [2.75, 3.05) is 45.9 Å². The first-order chi connectivity index (χ1) is 6.86. The second kappa shape index (κ2) is 7.21. The number of likely N-dealkylation sites (N-methyl/N-ethyl adjacent to an activating group) is 1. The molecular formula is C11H24N2O. The third-order valence-electron chi connectivity index (χ3n) is 3.01. The molecule has 0 aromatic rings. The lowest BCUT2D eigenvalue weighted by atomic mass is 10.3. The van der Waals surface area contributed by atoms with Gasteiger partial charge < -0.3 is 14.9 Å². The van der Waals surface area contributed by atoms with E-state index in [-0.39, 0.29) is 0 Å². The van der Waals surface area contributed by atoms with E-state index in [2.05, 4.69) is 16.7 Å². The molecule has 0 atom stereocenters. The molecule has 0 bridgehead atoms. The summed E-state index contributed by atoms with van der Waals surface area (Å²) >= 11 is 0. The Hall–Kier alpha value is -0.120. The second-order valence-electron chi connectivity index (χ2n) is 4.06. The smallest absolute Gasteiger partial charge is 0.0431 e. The summed E-state index contributed by atoms with van der Waals surface area (Å²) in [6.07, 6.45) is 3.39. The third-order valence-corrected chi connectivity index (χ3v) is 3.01. The summed E-state index contributed by atoms with van der Waals surface area (Å²) in [7, 11) is 0. The van der Waals surface area contributed by atoms with Crippen LogP contribution in [0.3, 0.4) is 0 Å². The van der Waals surface area contributed by atoms with Crippen molar-refractivity contribution >= 4 is 0 Å². The average molecular weight is 200 g/mol. The maximum Gasteiger partial charge on any atom is 0.0431 e. The summed E-state index contributed by atoms with van der Waals surface area (Å²) in [5.74, 6) is 0. The van der Waals surface area contributed by atoms with Crippen molar-refractivity contribution in [2.45, 2.75) is 26.2 Å². The monoisotopic (exact) mass is 200 g/mol. The predicted molar refractivity (Wildman–Crippen MR) is 59.5 cm³/mol. The highest BCUT2D eigenvalue weighted by atomic mass is 16.2. The normalized spacial score (nSPS) is 21.0. The Morgan fingerprint density at radius 2 is 1.71 bits per heavy atom. The summed E-state index contributed by atoms with van der Waals surface area (Å²) in [6.45, 7) is 9.85. The van der Waals surface area contributed by atoms with Crippen molar-refractivity contribution in [1.29, 1.82) is 0 Å². The fourth-order valence-corrected chi connectivity index (χ4v) is 2.01. The Morgan fingerprint density at radius 1 is 1.00 bits per heavy atom. The summed E-state index contributed by atoms with van der Waals surface area (Å²) in [5, 5.41) is 8.70. The molecule has 1 rings (SSSR count). The Bertz CT molecular complexity index is 141. The zero-order valence-electron chi connectivity index (χ0n) is 9.41. The van der Waals surface area contributed by atoms with Gasteiger partial charge in [0.15, 0.2) is 0 Å². The van der Waals surface area contributed by atoms with E-state index in [4.69, 9.17) is 5.11 Å². The fourth-order valence-electron chi connectivity index (χ4n) is 2.01. The Kier molecular flexibility index (Phi) is 6.15. The van der Waals surface area contributed by atoms with Crippen molar-refractivity contribution in [1.82, 2.24) is 9.80 Å². The van der Waals surface area contributed by atoms with Gasteiger partial charge in [0.05, 0.1) is 0 Å². The van der Waals surface area contributed by atoms with Gasteiger partial charge >= 0.3 is 0 Å². The molecule has 84 valence electrons. The van der Waals surface area contributed by atoms with Crippen LogP contribution in [0.1, 0.15) is 26.2 Å². The lowest BCUT2D eigenvalue weighted by Gasteiger charge is -2.20. The summed E-state index contributed by atoms with van der Waals surface area (Å²) in [4.78, 5) is 5.05. The second-order valence-corrected chi connectivity index (χ2v) is 4.06. The number of rotatable bonds is 5. The summed E-state index contributed by atoms with van der Waals surface area (Å²) < 4.78 is 0. The van der Waals surface area contributed by atoms with Crippen LogP contribution in [0.5, 0.6) is 0 Å². The molecule has 0 unspecified atom stereocenters. The van der Waals surface area contributed by atoms with E-state index >= 15 is 0 Å². The van der Waals surface area contributed by atoms with Gasteiger partial charge in [-0.25, -0.2) is 0 Å². The minimum Gasteiger partial charge on any atom is -0.396 e. The number of nitrogens with zero attached hydrogens (tertiary/aromatic N) is 2. The number of aliphatic hydroxyl groups excluding tert-OH is 1. The molecule has 0 aromatic carbocycles. The van der Waals surface area contributed by atoms with Crippen molar-refractivity contribution in [3.05, 3.63) is 0 Å². The largest absolute Gasteiger partial charge is 0.396 e. The Balaban J connectivity index is 2.14. The summed E-state index contributed by atoms with van der Waals surface area (Å²) in [6, 6.07) is 0. The van der Waals surface area contributed by atoms with E-state index in [1.165, 1.54) is 39.1 Å². The highest BCUT2D eigenvalue weighted by molar-refractivity contribution is 4.68. The van der Waals surface area contributed by atoms with E-state index in [9.17, 15) is 0 Å². The first-order valence-corrected chi connectivity index (χ1v) is 5.92. The number of aliphatic hydroxyl groups is 1. The van der Waals surface area contributed by atoms with Gasteiger partial charge in [-0.15, -0.1) is 0 Å². The molecule has 0 radical (unpaired) electrons. The van der Waals surface area contributed by atoms with Crippen LogP contribution in [0, 0.1) is 0 Å². The van der Waals surface area contributed by atoms with Crippen molar-refractivity contribution in [2.24, 2.45) is 0 Å². The molecule has 0 saturated carbocycles. The van der Waals surface area contributed by atoms with Crippen molar-refractivity contribution < 1.29 is 5.11 Å². The number of hydrogen-bond acceptors (Lipinski definition) is 3. The standard InChI is InChI=1S/C11H24N2O/c1-2-12-7-5-8-13(10-9-12)6-3-4-11-14/h14H,2-11H2,1H3. The minimum atomic E-state index is 0.342. The van der Waals surface area contributed by atoms with Crippen LogP contribution in [-0.2, 0) is 0 Å². The van der Waals surface area contributed by atoms with Gasteiger partial charge in [-0.3, -0.25) is 0 Å². The first kappa shape index (κ1) is 12.0. The zero-order valence-corrected chi connectivity index (χ0v) is 9.41. The highest BCUT2D eigenvalue weighted by Crippen LogP contribution is 2.03. The highest BCUT2D eigenvalue weighted by Gasteiger charge is 2.12. The molecule has 0 aromatic heterocycles. The molecule has 1 heterocycles. The number of unbranched alkanes of at least 4 members (excludes halogenated alkanes) is 1. The topological polar surface area (TPSA) is 26.7 Å². The Labute approximate surface area is 87.7 Å². The van der Waals surface area contributed by atoms with Crippen LogP contribution in [0.2, 0.25) is 0 Å². The lowest BCUT2D eigenvalue weighted by Crippen LogP contribution is -2.31. The predicted octanol–water partition coefficient (Wildman–Crippen LogP) is 0.786.